The molecule has 1 atom stereocenters. The number of amides is 1. The highest BCUT2D eigenvalue weighted by atomic mass is 35.5. The molecule has 1 N–H and O–H groups in total. The van der Waals surface area contributed by atoms with E-state index in [9.17, 15) is 14.7 Å². The summed E-state index contributed by atoms with van der Waals surface area (Å²) in [4.78, 5) is 27.6. The highest BCUT2D eigenvalue weighted by molar-refractivity contribution is 6.47. The fourth-order valence-electron chi connectivity index (χ4n) is 3.80. The molecular formula is C25H28ClNO5. The predicted octanol–water partition coefficient (Wildman–Crippen LogP) is 4.89. The Balaban J connectivity index is 2.15. The van der Waals surface area contributed by atoms with Crippen molar-refractivity contribution in [1.29, 1.82) is 0 Å². The van der Waals surface area contributed by atoms with Crippen LogP contribution in [0.15, 0.2) is 48.0 Å². The SMILES string of the molecule is CCOc1ccc(Cl)c(/C(O)=C2\C(=O)C(=O)N(CCOC(C)C)C2c2ccccc2C)c1. The highest BCUT2D eigenvalue weighted by Crippen LogP contribution is 2.41. The van der Waals surface area contributed by atoms with Gasteiger partial charge in [0.1, 0.15) is 11.5 Å². The molecule has 1 fully saturated rings. The molecule has 1 aliphatic rings. The molecule has 1 aliphatic heterocycles. The van der Waals surface area contributed by atoms with Crippen molar-refractivity contribution in [3.63, 3.8) is 0 Å². The maximum Gasteiger partial charge on any atom is 0.295 e. The first-order valence-electron chi connectivity index (χ1n) is 10.6. The van der Waals surface area contributed by atoms with Crippen molar-refractivity contribution in [2.45, 2.75) is 39.8 Å². The number of benzene rings is 2. The van der Waals surface area contributed by atoms with Crippen LogP contribution in [0.2, 0.25) is 5.02 Å². The van der Waals surface area contributed by atoms with Crippen molar-refractivity contribution < 1.29 is 24.2 Å². The van der Waals surface area contributed by atoms with E-state index in [2.05, 4.69) is 0 Å². The lowest BCUT2D eigenvalue weighted by Crippen LogP contribution is -2.33. The van der Waals surface area contributed by atoms with Gasteiger partial charge in [0.05, 0.1) is 36.0 Å². The summed E-state index contributed by atoms with van der Waals surface area (Å²) in [6.07, 6.45) is -0.0103. The van der Waals surface area contributed by atoms with Gasteiger partial charge in [0.25, 0.3) is 11.7 Å². The van der Waals surface area contributed by atoms with Crippen LogP contribution in [-0.4, -0.2) is 47.6 Å². The first kappa shape index (κ1) is 23.8. The Bertz CT molecular complexity index is 1050. The van der Waals surface area contributed by atoms with Gasteiger partial charge in [-0.05, 0) is 57.0 Å². The smallest absolute Gasteiger partial charge is 0.295 e. The van der Waals surface area contributed by atoms with Gasteiger partial charge >= 0.3 is 0 Å². The molecule has 0 bridgehead atoms. The summed E-state index contributed by atoms with van der Waals surface area (Å²) in [7, 11) is 0. The Hall–Kier alpha value is -2.83. The van der Waals surface area contributed by atoms with Crippen LogP contribution in [0.25, 0.3) is 5.76 Å². The van der Waals surface area contributed by atoms with E-state index in [0.29, 0.717) is 12.4 Å². The number of halogens is 1. The van der Waals surface area contributed by atoms with E-state index in [1.807, 2.05) is 52.0 Å². The molecule has 170 valence electrons. The number of rotatable bonds is 8. The molecule has 0 aromatic heterocycles. The average molecular weight is 458 g/mol. The van der Waals surface area contributed by atoms with Crippen molar-refractivity contribution in [1.82, 2.24) is 4.90 Å². The Morgan fingerprint density at radius 1 is 1.19 bits per heavy atom. The Morgan fingerprint density at radius 3 is 2.56 bits per heavy atom. The number of ether oxygens (including phenoxy) is 2. The van der Waals surface area contributed by atoms with Crippen molar-refractivity contribution >= 4 is 29.1 Å². The third-order valence-electron chi connectivity index (χ3n) is 5.31. The number of hydrogen-bond donors (Lipinski definition) is 1. The summed E-state index contributed by atoms with van der Waals surface area (Å²) in [5, 5.41) is 11.5. The number of carbonyl (C=O) groups excluding carboxylic acids is 2. The fraction of sp³-hybridized carbons (Fsp3) is 0.360. The van der Waals surface area contributed by atoms with Crippen LogP contribution in [0.5, 0.6) is 5.75 Å². The Morgan fingerprint density at radius 2 is 1.91 bits per heavy atom. The molecule has 0 saturated carbocycles. The lowest BCUT2D eigenvalue weighted by Gasteiger charge is -2.27. The van der Waals surface area contributed by atoms with Gasteiger partial charge in [0, 0.05) is 12.1 Å². The largest absolute Gasteiger partial charge is 0.507 e. The van der Waals surface area contributed by atoms with Crippen molar-refractivity contribution in [2.75, 3.05) is 19.8 Å². The summed E-state index contributed by atoms with van der Waals surface area (Å²) in [6, 6.07) is 11.6. The third kappa shape index (κ3) is 4.81. The summed E-state index contributed by atoms with van der Waals surface area (Å²) in [6.45, 7) is 8.48. The van der Waals surface area contributed by atoms with Crippen LogP contribution in [0.4, 0.5) is 0 Å². The molecule has 3 rings (SSSR count). The summed E-state index contributed by atoms with van der Waals surface area (Å²) in [5.74, 6) is -1.25. The summed E-state index contributed by atoms with van der Waals surface area (Å²) < 4.78 is 11.1. The van der Waals surface area contributed by atoms with Crippen LogP contribution in [0.1, 0.15) is 43.5 Å². The topological polar surface area (TPSA) is 76.1 Å². The minimum absolute atomic E-state index is 0.00407. The van der Waals surface area contributed by atoms with Gasteiger partial charge in [-0.15, -0.1) is 0 Å². The third-order valence-corrected chi connectivity index (χ3v) is 5.64. The number of nitrogens with zero attached hydrogens (tertiary/aromatic N) is 1. The van der Waals surface area contributed by atoms with E-state index >= 15 is 0 Å². The molecule has 1 saturated heterocycles. The zero-order chi connectivity index (χ0) is 23.4. The van der Waals surface area contributed by atoms with Crippen molar-refractivity contribution in [2.24, 2.45) is 0 Å². The van der Waals surface area contributed by atoms with Gasteiger partial charge in [-0.25, -0.2) is 0 Å². The Labute approximate surface area is 193 Å². The number of aliphatic hydroxyl groups excluding tert-OH is 1. The number of carbonyl (C=O) groups is 2. The maximum absolute atomic E-state index is 13.1. The normalized spacial score (nSPS) is 17.9. The number of Topliss-reactive ketones (excluding diaryl/α,β-unsaturated/α-hetero) is 1. The number of hydrogen-bond acceptors (Lipinski definition) is 5. The van der Waals surface area contributed by atoms with Crippen LogP contribution in [0, 0.1) is 6.92 Å². The van der Waals surface area contributed by atoms with Gasteiger partial charge in [-0.3, -0.25) is 9.59 Å². The van der Waals surface area contributed by atoms with Crippen molar-refractivity contribution in [3.05, 3.63) is 69.8 Å². The van der Waals surface area contributed by atoms with Gasteiger partial charge < -0.3 is 19.5 Å². The average Bonchev–Trinajstić information content (AvgIpc) is 3.00. The number of ketones is 1. The van der Waals surface area contributed by atoms with E-state index in [1.54, 1.807) is 18.2 Å². The van der Waals surface area contributed by atoms with Crippen LogP contribution in [0.3, 0.4) is 0 Å². The second-order valence-corrected chi connectivity index (χ2v) is 8.25. The molecule has 7 heteroatoms. The predicted molar refractivity (Wildman–Crippen MR) is 124 cm³/mol. The van der Waals surface area contributed by atoms with Gasteiger partial charge in [-0.2, -0.15) is 0 Å². The second kappa shape index (κ2) is 10.2. The molecule has 1 amide bonds. The molecule has 2 aromatic rings. The molecule has 2 aromatic carbocycles. The molecule has 6 nitrogen and oxygen atoms in total. The van der Waals surface area contributed by atoms with Gasteiger partial charge in [-0.1, -0.05) is 35.9 Å². The number of aryl methyl sites for hydroxylation is 1. The minimum Gasteiger partial charge on any atom is -0.507 e. The fourth-order valence-corrected chi connectivity index (χ4v) is 4.01. The summed E-state index contributed by atoms with van der Waals surface area (Å²) in [5.41, 5.74) is 1.90. The van der Waals surface area contributed by atoms with Crippen LogP contribution < -0.4 is 4.74 Å². The van der Waals surface area contributed by atoms with Gasteiger partial charge in [0.15, 0.2) is 0 Å². The first-order valence-corrected chi connectivity index (χ1v) is 11.0. The Kier molecular flexibility index (Phi) is 7.59. The summed E-state index contributed by atoms with van der Waals surface area (Å²) >= 11 is 6.35. The molecule has 0 aliphatic carbocycles. The van der Waals surface area contributed by atoms with Crippen molar-refractivity contribution in [3.8, 4) is 5.75 Å². The monoisotopic (exact) mass is 457 g/mol. The molecular weight excluding hydrogens is 430 g/mol. The number of aliphatic hydroxyl groups is 1. The molecule has 0 radical (unpaired) electrons. The van der Waals surface area contributed by atoms with Gasteiger partial charge in [0.2, 0.25) is 0 Å². The zero-order valence-electron chi connectivity index (χ0n) is 18.7. The molecule has 1 unspecified atom stereocenters. The quantitative estimate of drug-likeness (QED) is 0.347. The second-order valence-electron chi connectivity index (χ2n) is 7.84. The van der Waals surface area contributed by atoms with E-state index in [4.69, 9.17) is 21.1 Å². The lowest BCUT2D eigenvalue weighted by atomic mass is 9.92. The lowest BCUT2D eigenvalue weighted by molar-refractivity contribution is -0.140. The zero-order valence-corrected chi connectivity index (χ0v) is 19.5. The molecule has 0 spiro atoms. The first-order chi connectivity index (χ1) is 15.3. The van der Waals surface area contributed by atoms with E-state index < -0.39 is 17.7 Å². The van der Waals surface area contributed by atoms with E-state index in [0.717, 1.165) is 11.1 Å². The standard InChI is InChI=1S/C25H28ClNO5/c1-5-31-17-10-11-20(26)19(14-17)23(28)21-22(18-9-7-6-8-16(18)4)27(25(30)24(21)29)12-13-32-15(2)3/h6-11,14-15,22,28H,5,12-13H2,1-4H3/b23-21+. The van der Waals surface area contributed by atoms with Crippen LogP contribution >= 0.6 is 11.6 Å². The highest BCUT2D eigenvalue weighted by Gasteiger charge is 2.46. The van der Waals surface area contributed by atoms with E-state index in [-0.39, 0.29) is 41.2 Å². The molecule has 1 heterocycles. The minimum atomic E-state index is -0.752. The molecule has 32 heavy (non-hydrogen) atoms. The van der Waals surface area contributed by atoms with Crippen LogP contribution in [-0.2, 0) is 14.3 Å². The van der Waals surface area contributed by atoms with E-state index in [1.165, 1.54) is 4.90 Å². The maximum atomic E-state index is 13.1. The number of likely N-dealkylation sites (tertiary alicyclic amines) is 1.